The van der Waals surface area contributed by atoms with Crippen LogP contribution in [0.5, 0.6) is 0 Å². The molecule has 2 aliphatic heterocycles. The van der Waals surface area contributed by atoms with Crippen LogP contribution >= 0.6 is 11.3 Å². The number of unbranched alkanes of at least 4 members (excludes halogenated alkanes) is 3. The number of ether oxygens (including phenoxy) is 2. The van der Waals surface area contributed by atoms with Gasteiger partial charge >= 0.3 is 11.1 Å². The Bertz CT molecular complexity index is 697. The van der Waals surface area contributed by atoms with Crippen LogP contribution in [0.3, 0.4) is 0 Å². The number of carbonyl (C=O) groups excluding carboxylic acids is 1. The van der Waals surface area contributed by atoms with Crippen molar-refractivity contribution < 1.29 is 18.5 Å². The van der Waals surface area contributed by atoms with Gasteiger partial charge in [0.15, 0.2) is 6.10 Å². The molecule has 158 valence electrons. The van der Waals surface area contributed by atoms with Crippen LogP contribution in [0.2, 0.25) is 0 Å². The number of hydrogen-bond donors (Lipinski definition) is 0. The van der Waals surface area contributed by atoms with E-state index in [1.54, 1.807) is 11.9 Å². The molecule has 28 heavy (non-hydrogen) atoms. The molecule has 1 aromatic heterocycles. The predicted molar refractivity (Wildman–Crippen MR) is 107 cm³/mol. The molecule has 0 spiro atoms. The molecule has 0 aromatic carbocycles. The topological polar surface area (TPSA) is 105 Å². The van der Waals surface area contributed by atoms with Gasteiger partial charge in [-0.15, -0.1) is 5.10 Å². The van der Waals surface area contributed by atoms with Crippen molar-refractivity contribution in [3.63, 3.8) is 0 Å². The number of esters is 1. The maximum Gasteiger partial charge on any atom is 0.339 e. The Kier molecular flexibility index (Phi) is 7.51. The normalized spacial score (nSPS) is 29.2. The van der Waals surface area contributed by atoms with E-state index in [2.05, 4.69) is 17.1 Å². The fourth-order valence-corrected chi connectivity index (χ4v) is 5.65. The average molecular weight is 433 g/mol. The van der Waals surface area contributed by atoms with E-state index in [4.69, 9.17) is 9.47 Å². The number of likely N-dealkylation sites (N-methyl/N-ethyl adjacent to an activating group) is 1. The summed E-state index contributed by atoms with van der Waals surface area (Å²) in [6, 6.07) is 0. The number of carbonyl (C=O) groups is 1. The summed E-state index contributed by atoms with van der Waals surface area (Å²) in [5.74, 6) is 0.0190. The summed E-state index contributed by atoms with van der Waals surface area (Å²) >= 11 is 1.05. The minimum Gasteiger partial charge on any atom is -0.622 e. The van der Waals surface area contributed by atoms with Gasteiger partial charge in [-0.05, 0) is 37.6 Å². The quantitative estimate of drug-likeness (QED) is 0.252. The lowest BCUT2D eigenvalue weighted by molar-refractivity contribution is -0.164. The van der Waals surface area contributed by atoms with Gasteiger partial charge in [0.05, 0.1) is 17.3 Å². The van der Waals surface area contributed by atoms with Gasteiger partial charge in [0.1, 0.15) is 6.67 Å². The van der Waals surface area contributed by atoms with Crippen molar-refractivity contribution >= 4 is 33.2 Å². The van der Waals surface area contributed by atoms with Crippen LogP contribution in [-0.4, -0.2) is 70.2 Å². The molecule has 0 amide bonds. The first-order valence-electron chi connectivity index (χ1n) is 9.76. The fourth-order valence-electron chi connectivity index (χ4n) is 3.38. The van der Waals surface area contributed by atoms with Gasteiger partial charge in [-0.2, -0.15) is 0 Å². The number of quaternary nitrogens is 1. The number of nitrogens with zero attached hydrogens (tertiary/aromatic N) is 4. The molecule has 0 saturated carbocycles. The molecule has 4 atom stereocenters. The Morgan fingerprint density at radius 1 is 1.43 bits per heavy atom. The summed E-state index contributed by atoms with van der Waals surface area (Å²) in [6.07, 6.45) is 4.01. The highest BCUT2D eigenvalue weighted by molar-refractivity contribution is 7.87. The van der Waals surface area contributed by atoms with E-state index in [1.807, 2.05) is 0 Å². The van der Waals surface area contributed by atoms with E-state index in [1.165, 1.54) is 0 Å². The number of rotatable bonds is 9. The highest BCUT2D eigenvalue weighted by Crippen LogP contribution is 2.35. The van der Waals surface area contributed by atoms with Crippen LogP contribution in [0, 0.1) is 5.21 Å². The third kappa shape index (κ3) is 4.95. The smallest absolute Gasteiger partial charge is 0.339 e. The molecule has 2 saturated heterocycles. The molecule has 0 bridgehead atoms. The van der Waals surface area contributed by atoms with Gasteiger partial charge in [0.25, 0.3) is 6.23 Å². The highest BCUT2D eigenvalue weighted by atomic mass is 32.2. The Balaban J connectivity index is 1.66. The SMILES string of the molecule is CCCCCCS(=O)c1nnc([N+]2([O-])CN(C)CC2OC(=O)C2CCCO2)s1. The maximum atomic E-state index is 13.5. The summed E-state index contributed by atoms with van der Waals surface area (Å²) in [5, 5.41) is 21.7. The summed E-state index contributed by atoms with van der Waals surface area (Å²) in [5.41, 5.74) is 0. The highest BCUT2D eigenvalue weighted by Gasteiger charge is 2.46. The van der Waals surface area contributed by atoms with Gasteiger partial charge in [-0.3, -0.25) is 8.86 Å². The Hall–Kier alpha value is -0.980. The molecule has 3 rings (SSSR count). The second kappa shape index (κ2) is 9.68. The monoisotopic (exact) mass is 432 g/mol. The lowest BCUT2D eigenvalue weighted by Gasteiger charge is -2.38. The second-order valence-corrected chi connectivity index (χ2v) is 10.0. The fraction of sp³-hybridized carbons (Fsp3) is 0.824. The third-order valence-electron chi connectivity index (χ3n) is 4.93. The zero-order valence-corrected chi connectivity index (χ0v) is 18.0. The zero-order valence-electron chi connectivity index (χ0n) is 16.4. The minimum atomic E-state index is -1.26. The van der Waals surface area contributed by atoms with E-state index >= 15 is 0 Å². The molecular formula is C17H28N4O5S2. The van der Waals surface area contributed by atoms with Gasteiger partial charge in [-0.1, -0.05) is 31.3 Å². The van der Waals surface area contributed by atoms with Gasteiger partial charge in [0, 0.05) is 12.4 Å². The van der Waals surface area contributed by atoms with Crippen LogP contribution in [0.25, 0.3) is 0 Å². The van der Waals surface area contributed by atoms with Crippen LogP contribution in [0.4, 0.5) is 5.13 Å². The number of hydrogen-bond acceptors (Lipinski definition) is 9. The summed E-state index contributed by atoms with van der Waals surface area (Å²) in [7, 11) is 0.528. The third-order valence-corrected chi connectivity index (χ3v) is 7.69. The van der Waals surface area contributed by atoms with Crippen LogP contribution in [0.1, 0.15) is 45.4 Å². The predicted octanol–water partition coefficient (Wildman–Crippen LogP) is 1.98. The summed E-state index contributed by atoms with van der Waals surface area (Å²) < 4.78 is 22.7. The van der Waals surface area contributed by atoms with Gasteiger partial charge < -0.3 is 14.7 Å². The molecule has 2 aliphatic rings. The minimum absolute atomic E-state index is 0.0985. The van der Waals surface area contributed by atoms with E-state index in [0.717, 1.165) is 43.4 Å². The van der Waals surface area contributed by atoms with Crippen LogP contribution < -0.4 is 4.65 Å². The van der Waals surface area contributed by atoms with E-state index in [0.29, 0.717) is 29.7 Å². The standard InChI is InChI=1S/C17H28N4O5S2/c1-3-4-5-6-10-28(24)17-19-18-16(27-17)21(23)12-20(2)11-14(21)26-15(22)13-8-7-9-25-13/h13-14H,3-12H2,1-2H3. The molecular weight excluding hydrogens is 404 g/mol. The molecule has 11 heteroatoms. The molecule has 0 radical (unpaired) electrons. The summed E-state index contributed by atoms with van der Waals surface area (Å²) in [6.45, 7) is 3.06. The van der Waals surface area contributed by atoms with Crippen molar-refractivity contribution in [3.8, 4) is 0 Å². The Morgan fingerprint density at radius 2 is 2.25 bits per heavy atom. The van der Waals surface area contributed by atoms with Crippen molar-refractivity contribution in [1.82, 2.24) is 19.7 Å². The van der Waals surface area contributed by atoms with E-state index < -0.39 is 33.7 Å². The first-order valence-corrected chi connectivity index (χ1v) is 11.9. The lowest BCUT2D eigenvalue weighted by atomic mass is 10.2. The van der Waals surface area contributed by atoms with Crippen LogP contribution in [0.15, 0.2) is 4.34 Å². The Labute approximate surface area is 171 Å². The molecule has 1 aromatic rings. The maximum absolute atomic E-state index is 13.5. The second-order valence-electron chi connectivity index (χ2n) is 7.33. The average Bonchev–Trinajstić information content (AvgIpc) is 3.40. The number of hydroxylamine groups is 2. The van der Waals surface area contributed by atoms with Crippen molar-refractivity contribution in [2.75, 3.05) is 32.6 Å². The largest absolute Gasteiger partial charge is 0.622 e. The van der Waals surface area contributed by atoms with Crippen molar-refractivity contribution in [2.24, 2.45) is 0 Å². The molecule has 3 heterocycles. The molecule has 0 N–H and O–H groups in total. The molecule has 2 fully saturated rings. The Morgan fingerprint density at radius 3 is 2.96 bits per heavy atom. The molecule has 4 unspecified atom stereocenters. The van der Waals surface area contributed by atoms with E-state index in [9.17, 15) is 14.2 Å². The lowest BCUT2D eigenvalue weighted by Crippen LogP contribution is -2.51. The van der Waals surface area contributed by atoms with Crippen molar-refractivity contribution in [2.45, 2.75) is 62.1 Å². The first kappa shape index (κ1) is 21.7. The summed E-state index contributed by atoms with van der Waals surface area (Å²) in [4.78, 5) is 14.1. The van der Waals surface area contributed by atoms with Crippen molar-refractivity contribution in [3.05, 3.63) is 5.21 Å². The molecule has 0 aliphatic carbocycles. The van der Waals surface area contributed by atoms with Gasteiger partial charge in [-0.25, -0.2) is 9.69 Å². The first-order chi connectivity index (χ1) is 13.4. The molecule has 9 nitrogen and oxygen atoms in total. The zero-order chi connectivity index (χ0) is 20.1. The van der Waals surface area contributed by atoms with E-state index in [-0.39, 0.29) is 11.8 Å². The number of aromatic nitrogens is 2. The van der Waals surface area contributed by atoms with Crippen molar-refractivity contribution in [1.29, 1.82) is 0 Å². The van der Waals surface area contributed by atoms with Gasteiger partial charge in [0.2, 0.25) is 4.34 Å². The van der Waals surface area contributed by atoms with Crippen LogP contribution in [-0.2, 0) is 25.1 Å².